The third-order valence-electron chi connectivity index (χ3n) is 3.98. The largest absolute Gasteiger partial charge is 0.483 e. The van der Waals surface area contributed by atoms with E-state index in [2.05, 4.69) is 10.6 Å². The number of hydrogen-bond donors (Lipinski definition) is 2. The fourth-order valence-electron chi connectivity index (χ4n) is 2.53. The summed E-state index contributed by atoms with van der Waals surface area (Å²) in [6.07, 6.45) is 0. The van der Waals surface area contributed by atoms with Gasteiger partial charge in [0, 0.05) is 17.4 Å². The number of rotatable bonds is 7. The van der Waals surface area contributed by atoms with Gasteiger partial charge in [-0.25, -0.2) is 0 Å². The molecule has 3 rings (SSSR count). The third kappa shape index (κ3) is 5.17. The van der Waals surface area contributed by atoms with Crippen molar-refractivity contribution in [3.8, 4) is 5.75 Å². The van der Waals surface area contributed by atoms with Gasteiger partial charge in [0.1, 0.15) is 5.75 Å². The number of benzene rings is 2. The minimum atomic E-state index is -0.499. The predicted octanol–water partition coefficient (Wildman–Crippen LogP) is 4.23. The molecule has 0 radical (unpaired) electrons. The molecule has 0 fully saturated rings. The van der Waals surface area contributed by atoms with Crippen LogP contribution in [0.5, 0.6) is 5.75 Å². The number of nitrogens with one attached hydrogen (secondary N) is 2. The Morgan fingerprint density at radius 2 is 1.72 bits per heavy atom. The number of nitrogens with zero attached hydrogens (tertiary/aromatic N) is 1. The normalized spacial score (nSPS) is 10.2. The first-order valence-electron chi connectivity index (χ1n) is 8.55. The van der Waals surface area contributed by atoms with Crippen molar-refractivity contribution < 1.29 is 19.2 Å². The monoisotopic (exact) mass is 411 g/mol. The van der Waals surface area contributed by atoms with Crippen LogP contribution in [0.1, 0.15) is 15.2 Å². The molecule has 2 N–H and O–H groups in total. The first-order valence-corrected chi connectivity index (χ1v) is 9.43. The van der Waals surface area contributed by atoms with E-state index in [1.165, 1.54) is 23.5 Å². The number of anilines is 2. The van der Waals surface area contributed by atoms with Crippen LogP contribution in [0.25, 0.3) is 0 Å². The predicted molar refractivity (Wildman–Crippen MR) is 111 cm³/mol. The molecule has 0 aliphatic heterocycles. The molecule has 29 heavy (non-hydrogen) atoms. The highest BCUT2D eigenvalue weighted by atomic mass is 32.1. The van der Waals surface area contributed by atoms with Crippen LogP contribution in [0.4, 0.5) is 17.1 Å². The van der Waals surface area contributed by atoms with Crippen molar-refractivity contribution in [2.24, 2.45) is 0 Å². The van der Waals surface area contributed by atoms with Crippen molar-refractivity contribution >= 4 is 40.2 Å². The van der Waals surface area contributed by atoms with E-state index in [4.69, 9.17) is 4.74 Å². The van der Waals surface area contributed by atoms with Crippen LogP contribution in [0, 0.1) is 17.0 Å². The van der Waals surface area contributed by atoms with Crippen molar-refractivity contribution in [2.45, 2.75) is 6.92 Å². The first-order chi connectivity index (χ1) is 13.9. The van der Waals surface area contributed by atoms with E-state index in [9.17, 15) is 19.7 Å². The fraction of sp³-hybridized carbons (Fsp3) is 0.100. The van der Waals surface area contributed by atoms with Gasteiger partial charge in [-0.05, 0) is 48.7 Å². The van der Waals surface area contributed by atoms with Crippen molar-refractivity contribution in [2.75, 3.05) is 17.2 Å². The molecule has 9 heteroatoms. The Kier molecular flexibility index (Phi) is 6.20. The van der Waals surface area contributed by atoms with Gasteiger partial charge in [-0.15, -0.1) is 11.3 Å². The van der Waals surface area contributed by atoms with Crippen LogP contribution in [0.15, 0.2) is 60.0 Å². The summed E-state index contributed by atoms with van der Waals surface area (Å²) >= 11 is 1.35. The average Bonchev–Trinajstić information content (AvgIpc) is 3.23. The highest BCUT2D eigenvalue weighted by Gasteiger charge is 2.15. The standard InChI is InChI=1S/C20H17N3O5S/c1-13-16(23(26)27)4-2-5-17(13)28-12-19(24)21-14-7-9-15(10-8-14)22-20(25)18-6-3-11-29-18/h2-11H,12H2,1H3,(H,21,24)(H,22,25). The topological polar surface area (TPSA) is 111 Å². The van der Waals surface area contributed by atoms with Crippen LogP contribution in [-0.4, -0.2) is 23.3 Å². The molecule has 0 unspecified atom stereocenters. The maximum Gasteiger partial charge on any atom is 0.276 e. The summed E-state index contributed by atoms with van der Waals surface area (Å²) in [7, 11) is 0. The number of nitro groups is 1. The zero-order valence-electron chi connectivity index (χ0n) is 15.4. The van der Waals surface area contributed by atoms with Crippen molar-refractivity contribution in [1.29, 1.82) is 0 Å². The Morgan fingerprint density at radius 1 is 1.03 bits per heavy atom. The van der Waals surface area contributed by atoms with Gasteiger partial charge in [0.15, 0.2) is 6.61 Å². The molecule has 148 valence electrons. The molecule has 2 aromatic carbocycles. The van der Waals surface area contributed by atoms with Gasteiger partial charge >= 0.3 is 0 Å². The number of carbonyl (C=O) groups is 2. The first kappa shape index (κ1) is 20.0. The Bertz CT molecular complexity index is 1030. The smallest absolute Gasteiger partial charge is 0.276 e. The average molecular weight is 411 g/mol. The summed E-state index contributed by atoms with van der Waals surface area (Å²) in [6.45, 7) is 1.27. The Balaban J connectivity index is 1.54. The second-order valence-electron chi connectivity index (χ2n) is 6.00. The van der Waals surface area contributed by atoms with E-state index in [0.717, 1.165) is 0 Å². The second kappa shape index (κ2) is 8.98. The molecule has 0 saturated carbocycles. The number of carbonyl (C=O) groups excluding carboxylic acids is 2. The molecule has 2 amide bonds. The van der Waals surface area contributed by atoms with Gasteiger partial charge in [0.05, 0.1) is 15.4 Å². The Hall–Kier alpha value is -3.72. The molecule has 0 spiro atoms. The molecule has 0 atom stereocenters. The number of nitro benzene ring substituents is 1. The summed E-state index contributed by atoms with van der Waals surface area (Å²) < 4.78 is 5.41. The molecule has 0 bridgehead atoms. The van der Waals surface area contributed by atoms with Crippen molar-refractivity contribution in [3.05, 3.63) is 80.5 Å². The van der Waals surface area contributed by atoms with Crippen molar-refractivity contribution in [1.82, 2.24) is 0 Å². The van der Waals surface area contributed by atoms with Crippen LogP contribution in [-0.2, 0) is 4.79 Å². The van der Waals surface area contributed by atoms with Gasteiger partial charge in [0.25, 0.3) is 17.5 Å². The number of thiophene rings is 1. The Morgan fingerprint density at radius 3 is 2.34 bits per heavy atom. The molecule has 0 saturated heterocycles. The molecule has 8 nitrogen and oxygen atoms in total. The second-order valence-corrected chi connectivity index (χ2v) is 6.95. The number of ether oxygens (including phenoxy) is 1. The van der Waals surface area contributed by atoms with Crippen LogP contribution in [0.2, 0.25) is 0 Å². The lowest BCUT2D eigenvalue weighted by Crippen LogP contribution is -2.20. The quantitative estimate of drug-likeness (QED) is 0.446. The lowest BCUT2D eigenvalue weighted by Gasteiger charge is -2.10. The minimum absolute atomic E-state index is 0.0666. The molecule has 1 aromatic heterocycles. The van der Waals surface area contributed by atoms with E-state index in [-0.39, 0.29) is 24.0 Å². The maximum atomic E-state index is 12.1. The van der Waals surface area contributed by atoms with Gasteiger partial charge < -0.3 is 15.4 Å². The molecule has 0 aliphatic rings. The number of amides is 2. The van der Waals surface area contributed by atoms with Crippen LogP contribution >= 0.6 is 11.3 Å². The minimum Gasteiger partial charge on any atom is -0.483 e. The highest BCUT2D eigenvalue weighted by Crippen LogP contribution is 2.27. The molecular weight excluding hydrogens is 394 g/mol. The zero-order chi connectivity index (χ0) is 20.8. The SMILES string of the molecule is Cc1c(OCC(=O)Nc2ccc(NC(=O)c3cccs3)cc2)cccc1[N+](=O)[O-]. The summed E-state index contributed by atoms with van der Waals surface area (Å²) in [6, 6.07) is 14.6. The third-order valence-corrected chi connectivity index (χ3v) is 4.85. The van der Waals surface area contributed by atoms with Crippen LogP contribution < -0.4 is 15.4 Å². The number of hydrogen-bond acceptors (Lipinski definition) is 6. The van der Waals surface area contributed by atoms with Gasteiger partial charge in [-0.1, -0.05) is 12.1 Å². The Labute approximate surface area is 170 Å². The fourth-order valence-corrected chi connectivity index (χ4v) is 3.15. The zero-order valence-corrected chi connectivity index (χ0v) is 16.2. The van der Waals surface area contributed by atoms with E-state index >= 15 is 0 Å². The molecule has 0 aliphatic carbocycles. The van der Waals surface area contributed by atoms with Gasteiger partial charge in [0.2, 0.25) is 0 Å². The van der Waals surface area contributed by atoms with E-state index in [1.807, 2.05) is 5.38 Å². The van der Waals surface area contributed by atoms with Crippen LogP contribution in [0.3, 0.4) is 0 Å². The summed E-state index contributed by atoms with van der Waals surface area (Å²) in [5.74, 6) is -0.329. The van der Waals surface area contributed by atoms with Gasteiger partial charge in [-0.3, -0.25) is 19.7 Å². The summed E-state index contributed by atoms with van der Waals surface area (Å²) in [5, 5.41) is 18.2. The highest BCUT2D eigenvalue weighted by molar-refractivity contribution is 7.12. The van der Waals surface area contributed by atoms with E-state index < -0.39 is 10.8 Å². The molecular formula is C20H17N3O5S. The summed E-state index contributed by atoms with van der Waals surface area (Å²) in [4.78, 5) is 35.2. The summed E-state index contributed by atoms with van der Waals surface area (Å²) in [5.41, 5.74) is 1.42. The molecule has 1 heterocycles. The maximum absolute atomic E-state index is 12.1. The van der Waals surface area contributed by atoms with Gasteiger partial charge in [-0.2, -0.15) is 0 Å². The lowest BCUT2D eigenvalue weighted by molar-refractivity contribution is -0.385. The molecule has 3 aromatic rings. The van der Waals surface area contributed by atoms with E-state index in [1.54, 1.807) is 49.4 Å². The van der Waals surface area contributed by atoms with Crippen molar-refractivity contribution in [3.63, 3.8) is 0 Å². The van der Waals surface area contributed by atoms with E-state index in [0.29, 0.717) is 21.8 Å². The lowest BCUT2D eigenvalue weighted by atomic mass is 10.2.